The monoisotopic (exact) mass is 510 g/mol. The number of methoxy groups -OCH3 is 1. The molecule has 0 saturated heterocycles. The van der Waals surface area contributed by atoms with Crippen molar-refractivity contribution in [3.63, 3.8) is 0 Å². The van der Waals surface area contributed by atoms with Crippen LogP contribution in [0.2, 0.25) is 5.02 Å². The first-order valence-corrected chi connectivity index (χ1v) is 12.0. The van der Waals surface area contributed by atoms with Crippen LogP contribution >= 0.6 is 11.6 Å². The van der Waals surface area contributed by atoms with Gasteiger partial charge in [0.15, 0.2) is 6.61 Å². The summed E-state index contributed by atoms with van der Waals surface area (Å²) in [5.41, 5.74) is 3.39. The maximum Gasteiger partial charge on any atom is 0.339 e. The lowest BCUT2D eigenvalue weighted by atomic mass is 10.0. The Morgan fingerprint density at radius 2 is 1.65 bits per heavy atom. The molecule has 0 aliphatic rings. The number of halogens is 1. The van der Waals surface area contributed by atoms with Crippen molar-refractivity contribution < 1.29 is 19.1 Å². The molecule has 0 bridgehead atoms. The maximum atomic E-state index is 13.1. The van der Waals surface area contributed by atoms with Gasteiger partial charge in [0, 0.05) is 22.5 Å². The van der Waals surface area contributed by atoms with Crippen molar-refractivity contribution in [1.82, 2.24) is 10.3 Å². The van der Waals surface area contributed by atoms with E-state index in [4.69, 9.17) is 26.1 Å². The minimum absolute atomic E-state index is 0.309. The predicted molar refractivity (Wildman–Crippen MR) is 145 cm³/mol. The number of para-hydroxylation sites is 1. The van der Waals surface area contributed by atoms with Crippen LogP contribution in [0.5, 0.6) is 5.75 Å². The molecule has 0 saturated carbocycles. The highest BCUT2D eigenvalue weighted by Crippen LogP contribution is 2.29. The van der Waals surface area contributed by atoms with Gasteiger partial charge < -0.3 is 14.8 Å². The molecule has 1 N–H and O–H groups in total. The quantitative estimate of drug-likeness (QED) is 0.264. The number of hydrogen-bond acceptors (Lipinski definition) is 5. The minimum atomic E-state index is -0.591. The van der Waals surface area contributed by atoms with Crippen LogP contribution in [-0.2, 0) is 16.1 Å². The number of benzene rings is 4. The molecule has 4 aromatic carbocycles. The van der Waals surface area contributed by atoms with Crippen LogP contribution in [0, 0.1) is 0 Å². The van der Waals surface area contributed by atoms with E-state index in [0.717, 1.165) is 27.6 Å². The Balaban J connectivity index is 1.36. The van der Waals surface area contributed by atoms with Gasteiger partial charge in [0.25, 0.3) is 5.91 Å². The number of carbonyl (C=O) groups excluding carboxylic acids is 2. The summed E-state index contributed by atoms with van der Waals surface area (Å²) in [6.45, 7) is -0.0834. The number of nitrogens with zero attached hydrogens (tertiary/aromatic N) is 1. The highest BCUT2D eigenvalue weighted by molar-refractivity contribution is 6.30. The third kappa shape index (κ3) is 5.55. The Labute approximate surface area is 218 Å². The number of aromatic nitrogens is 1. The fraction of sp³-hybridized carbons (Fsp3) is 0.100. The molecule has 0 aliphatic carbocycles. The van der Waals surface area contributed by atoms with Crippen molar-refractivity contribution in [1.29, 1.82) is 0 Å². The highest BCUT2D eigenvalue weighted by Gasteiger charge is 2.17. The summed E-state index contributed by atoms with van der Waals surface area (Å²) in [5.74, 6) is -0.204. The number of ether oxygens (including phenoxy) is 2. The number of pyridine rings is 1. The SMILES string of the molecule is COc1ccc2cc(-c3cc(C(=O)OCC(=O)NCc4ccc(Cl)cc4)c4ccccc4n3)ccc2c1. The van der Waals surface area contributed by atoms with Crippen molar-refractivity contribution in [2.45, 2.75) is 6.54 Å². The van der Waals surface area contributed by atoms with Crippen LogP contribution in [0.1, 0.15) is 15.9 Å². The zero-order valence-electron chi connectivity index (χ0n) is 20.0. The van der Waals surface area contributed by atoms with Crippen LogP contribution in [-0.4, -0.2) is 30.6 Å². The lowest BCUT2D eigenvalue weighted by Gasteiger charge is -2.11. The highest BCUT2D eigenvalue weighted by atomic mass is 35.5. The van der Waals surface area contributed by atoms with Crippen LogP contribution in [0.3, 0.4) is 0 Å². The molecule has 0 radical (unpaired) electrons. The third-order valence-corrected chi connectivity index (χ3v) is 6.27. The van der Waals surface area contributed by atoms with Gasteiger partial charge in [-0.1, -0.05) is 60.1 Å². The van der Waals surface area contributed by atoms with Gasteiger partial charge in [-0.2, -0.15) is 0 Å². The number of hydrogen-bond donors (Lipinski definition) is 1. The van der Waals surface area contributed by atoms with E-state index in [1.807, 2.05) is 72.8 Å². The second kappa shape index (κ2) is 10.7. The molecule has 7 heteroatoms. The lowest BCUT2D eigenvalue weighted by Crippen LogP contribution is -2.28. The average molecular weight is 511 g/mol. The van der Waals surface area contributed by atoms with Crippen molar-refractivity contribution >= 4 is 45.2 Å². The van der Waals surface area contributed by atoms with Gasteiger partial charge in [-0.05, 0) is 58.8 Å². The molecule has 37 heavy (non-hydrogen) atoms. The number of amides is 1. The first kappa shape index (κ1) is 24.3. The van der Waals surface area contributed by atoms with Gasteiger partial charge in [0.05, 0.1) is 23.9 Å². The average Bonchev–Trinajstić information content (AvgIpc) is 2.94. The van der Waals surface area contributed by atoms with E-state index in [1.165, 1.54) is 0 Å². The Bertz CT molecular complexity index is 1620. The van der Waals surface area contributed by atoms with Crippen LogP contribution in [0.4, 0.5) is 0 Å². The largest absolute Gasteiger partial charge is 0.497 e. The Morgan fingerprint density at radius 1 is 0.892 bits per heavy atom. The van der Waals surface area contributed by atoms with Crippen molar-refractivity contribution in [2.75, 3.05) is 13.7 Å². The van der Waals surface area contributed by atoms with Crippen molar-refractivity contribution in [3.05, 3.63) is 107 Å². The summed E-state index contributed by atoms with van der Waals surface area (Å²) in [6, 6.07) is 28.0. The van der Waals surface area contributed by atoms with Crippen LogP contribution in [0.25, 0.3) is 32.9 Å². The standard InChI is InChI=1S/C30H23ClN2O4/c1-36-24-13-10-20-14-22(9-8-21(20)15-24)28-16-26(25-4-2-3-5-27(25)33-28)30(35)37-18-29(34)32-17-19-6-11-23(31)12-7-19/h2-16H,17-18H2,1H3,(H,32,34). The predicted octanol–water partition coefficient (Wildman–Crippen LogP) is 6.19. The first-order valence-electron chi connectivity index (χ1n) is 11.7. The summed E-state index contributed by atoms with van der Waals surface area (Å²) >= 11 is 5.89. The maximum absolute atomic E-state index is 13.1. The smallest absolute Gasteiger partial charge is 0.339 e. The molecule has 5 rings (SSSR count). The molecule has 1 amide bonds. The van der Waals surface area contributed by atoms with Gasteiger partial charge in [0.1, 0.15) is 5.75 Å². The van der Waals surface area contributed by atoms with E-state index < -0.39 is 18.5 Å². The first-order chi connectivity index (χ1) is 18.0. The van der Waals surface area contributed by atoms with E-state index in [2.05, 4.69) is 5.32 Å². The Kier molecular flexibility index (Phi) is 7.01. The van der Waals surface area contributed by atoms with Crippen LogP contribution in [0.15, 0.2) is 91.0 Å². The molecule has 0 aliphatic heterocycles. The van der Waals surface area contributed by atoms with Gasteiger partial charge in [-0.15, -0.1) is 0 Å². The summed E-state index contributed by atoms with van der Waals surface area (Å²) in [5, 5.41) is 6.08. The normalized spacial score (nSPS) is 10.9. The van der Waals surface area contributed by atoms with Gasteiger partial charge >= 0.3 is 5.97 Å². The number of rotatable bonds is 7. The fourth-order valence-corrected chi connectivity index (χ4v) is 4.19. The van der Waals surface area contributed by atoms with E-state index in [9.17, 15) is 9.59 Å². The summed E-state index contributed by atoms with van der Waals surface area (Å²) < 4.78 is 10.7. The summed E-state index contributed by atoms with van der Waals surface area (Å²) in [6.07, 6.45) is 0. The van der Waals surface area contributed by atoms with E-state index in [-0.39, 0.29) is 0 Å². The van der Waals surface area contributed by atoms with E-state index in [1.54, 1.807) is 25.3 Å². The Hall–Kier alpha value is -4.42. The molecule has 184 valence electrons. The van der Waals surface area contributed by atoms with E-state index in [0.29, 0.717) is 33.7 Å². The lowest BCUT2D eigenvalue weighted by molar-refractivity contribution is -0.124. The number of carbonyl (C=O) groups is 2. The van der Waals surface area contributed by atoms with Crippen molar-refractivity contribution in [3.8, 4) is 17.0 Å². The number of fused-ring (bicyclic) bond motifs is 2. The van der Waals surface area contributed by atoms with E-state index >= 15 is 0 Å². The zero-order valence-corrected chi connectivity index (χ0v) is 20.8. The molecule has 0 fully saturated rings. The molecular formula is C30H23ClN2O4. The minimum Gasteiger partial charge on any atom is -0.497 e. The second-order valence-corrected chi connectivity index (χ2v) is 8.92. The van der Waals surface area contributed by atoms with Gasteiger partial charge in [0.2, 0.25) is 0 Å². The van der Waals surface area contributed by atoms with Gasteiger partial charge in [-0.3, -0.25) is 4.79 Å². The fourth-order valence-electron chi connectivity index (χ4n) is 4.07. The molecule has 5 aromatic rings. The summed E-state index contributed by atoms with van der Waals surface area (Å²) in [4.78, 5) is 30.2. The molecule has 0 unspecified atom stereocenters. The second-order valence-electron chi connectivity index (χ2n) is 8.48. The third-order valence-electron chi connectivity index (χ3n) is 6.02. The molecule has 6 nitrogen and oxygen atoms in total. The molecule has 1 heterocycles. The topological polar surface area (TPSA) is 77.5 Å². The molecule has 0 atom stereocenters. The summed E-state index contributed by atoms with van der Waals surface area (Å²) in [7, 11) is 1.64. The van der Waals surface area contributed by atoms with Gasteiger partial charge in [-0.25, -0.2) is 9.78 Å². The molecule has 1 aromatic heterocycles. The molecule has 0 spiro atoms. The number of esters is 1. The molecular weight excluding hydrogens is 488 g/mol. The zero-order chi connectivity index (χ0) is 25.8. The van der Waals surface area contributed by atoms with Crippen LogP contribution < -0.4 is 10.1 Å². The number of nitrogens with one attached hydrogen (secondary N) is 1. The Morgan fingerprint density at radius 3 is 2.46 bits per heavy atom. The van der Waals surface area contributed by atoms with Crippen molar-refractivity contribution in [2.24, 2.45) is 0 Å².